The Morgan fingerprint density at radius 1 is 1.17 bits per heavy atom. The van der Waals surface area contributed by atoms with Crippen molar-refractivity contribution in [2.45, 2.75) is 5.22 Å². The van der Waals surface area contributed by atoms with Gasteiger partial charge in [-0.1, -0.05) is 47.1 Å². The minimum atomic E-state index is -0.243. The van der Waals surface area contributed by atoms with E-state index < -0.39 is 0 Å². The van der Waals surface area contributed by atoms with E-state index in [9.17, 15) is 4.79 Å². The lowest BCUT2D eigenvalue weighted by Crippen LogP contribution is -2.14. The van der Waals surface area contributed by atoms with E-state index in [1.54, 1.807) is 24.3 Å². The van der Waals surface area contributed by atoms with Crippen LogP contribution in [0.1, 0.15) is 0 Å². The fraction of sp³-hybridized carbons (Fsp3) is 0.0667. The van der Waals surface area contributed by atoms with Gasteiger partial charge in [-0.15, -0.1) is 10.2 Å². The molecule has 24 heavy (non-hydrogen) atoms. The number of carbonyl (C=O) groups is 1. The van der Waals surface area contributed by atoms with E-state index >= 15 is 0 Å². The van der Waals surface area contributed by atoms with Crippen molar-refractivity contribution in [1.82, 2.24) is 15.2 Å². The highest BCUT2D eigenvalue weighted by Crippen LogP contribution is 2.28. The van der Waals surface area contributed by atoms with Crippen molar-refractivity contribution in [2.75, 3.05) is 11.1 Å². The van der Waals surface area contributed by atoms with Gasteiger partial charge in [-0.2, -0.15) is 0 Å². The van der Waals surface area contributed by atoms with E-state index in [1.165, 1.54) is 6.20 Å². The summed E-state index contributed by atoms with van der Waals surface area (Å²) in [7, 11) is 0. The third kappa shape index (κ3) is 4.25. The van der Waals surface area contributed by atoms with E-state index in [-0.39, 0.29) is 16.9 Å². The van der Waals surface area contributed by atoms with Crippen LogP contribution in [0.4, 0.5) is 5.82 Å². The number of hydrogen-bond donors (Lipinski definition) is 1. The first-order chi connectivity index (χ1) is 11.6. The number of hydrogen-bond acceptors (Lipinski definition) is 6. The highest BCUT2D eigenvalue weighted by atomic mass is 35.5. The van der Waals surface area contributed by atoms with E-state index in [4.69, 9.17) is 27.6 Å². The number of anilines is 1. The largest absolute Gasteiger partial charge is 0.411 e. The summed E-state index contributed by atoms with van der Waals surface area (Å²) in [6.07, 6.45) is 1.46. The van der Waals surface area contributed by atoms with Crippen LogP contribution in [0.25, 0.3) is 11.5 Å². The third-order valence-corrected chi connectivity index (χ3v) is 4.20. The molecule has 1 amide bonds. The van der Waals surface area contributed by atoms with Crippen LogP contribution in [0.15, 0.2) is 52.2 Å². The zero-order chi connectivity index (χ0) is 16.9. The molecule has 0 aliphatic heterocycles. The Kier molecular flexibility index (Phi) is 5.34. The Balaban J connectivity index is 1.58. The summed E-state index contributed by atoms with van der Waals surface area (Å²) in [5.41, 5.74) is 0.647. The molecule has 0 aliphatic carbocycles. The maximum absolute atomic E-state index is 11.9. The zero-order valence-corrected chi connectivity index (χ0v) is 14.4. The molecular weight excluding hydrogens is 371 g/mol. The van der Waals surface area contributed by atoms with E-state index in [1.807, 2.05) is 12.1 Å². The molecular formula is C15H10Cl2N4O2S. The Bertz CT molecular complexity index is 855. The second kappa shape index (κ2) is 7.65. The fourth-order valence-corrected chi connectivity index (χ4v) is 2.66. The van der Waals surface area contributed by atoms with Crippen LogP contribution < -0.4 is 5.32 Å². The summed E-state index contributed by atoms with van der Waals surface area (Å²) >= 11 is 12.9. The standard InChI is InChI=1S/C15H10Cl2N4O2S/c16-9-5-6-12(18-7-9)19-13(22)8-24-15-21-20-14(23-15)10-3-1-2-4-11(10)17/h1-7H,8H2,(H,18,19,22). The normalized spacial score (nSPS) is 10.6. The Morgan fingerprint density at radius 2 is 2.00 bits per heavy atom. The molecule has 0 saturated carbocycles. The van der Waals surface area contributed by atoms with Gasteiger partial charge in [0.2, 0.25) is 11.8 Å². The van der Waals surface area contributed by atoms with E-state index in [0.29, 0.717) is 27.3 Å². The quantitative estimate of drug-likeness (QED) is 0.668. The molecule has 1 aromatic carbocycles. The molecule has 2 aromatic heterocycles. The molecule has 0 radical (unpaired) electrons. The van der Waals surface area contributed by atoms with Crippen molar-refractivity contribution in [3.05, 3.63) is 52.6 Å². The molecule has 0 aliphatic rings. The molecule has 0 spiro atoms. The Labute approximate surface area is 151 Å². The SMILES string of the molecule is O=C(CSc1nnc(-c2ccccc2Cl)o1)Nc1ccc(Cl)cn1. The van der Waals surface area contributed by atoms with Crippen molar-refractivity contribution >= 4 is 46.7 Å². The van der Waals surface area contributed by atoms with Crippen molar-refractivity contribution in [3.8, 4) is 11.5 Å². The smallest absolute Gasteiger partial charge is 0.277 e. The predicted octanol–water partition coefficient (Wildman–Crippen LogP) is 4.17. The first-order valence-electron chi connectivity index (χ1n) is 6.74. The lowest BCUT2D eigenvalue weighted by atomic mass is 10.2. The lowest BCUT2D eigenvalue weighted by Gasteiger charge is -2.02. The Hall–Kier alpha value is -2.09. The van der Waals surface area contributed by atoms with Crippen molar-refractivity contribution in [1.29, 1.82) is 0 Å². The molecule has 0 unspecified atom stereocenters. The number of rotatable bonds is 5. The number of amides is 1. The van der Waals surface area contributed by atoms with Crippen LogP contribution in [-0.2, 0) is 4.79 Å². The number of nitrogens with zero attached hydrogens (tertiary/aromatic N) is 3. The Morgan fingerprint density at radius 3 is 2.75 bits per heavy atom. The molecule has 0 atom stereocenters. The molecule has 2 heterocycles. The maximum Gasteiger partial charge on any atom is 0.277 e. The number of pyridine rings is 1. The summed E-state index contributed by atoms with van der Waals surface area (Å²) in [4.78, 5) is 15.9. The third-order valence-electron chi connectivity index (χ3n) is 2.83. The van der Waals surface area contributed by atoms with Crippen LogP contribution >= 0.6 is 35.0 Å². The highest BCUT2D eigenvalue weighted by Gasteiger charge is 2.13. The summed E-state index contributed by atoms with van der Waals surface area (Å²) in [5, 5.41) is 11.8. The van der Waals surface area contributed by atoms with Gasteiger partial charge < -0.3 is 9.73 Å². The van der Waals surface area contributed by atoms with Crippen LogP contribution in [0.2, 0.25) is 10.0 Å². The van der Waals surface area contributed by atoms with Crippen LogP contribution in [-0.4, -0.2) is 26.8 Å². The number of halogens is 2. The van der Waals surface area contributed by atoms with Crippen molar-refractivity contribution < 1.29 is 9.21 Å². The molecule has 3 rings (SSSR count). The second-order valence-electron chi connectivity index (χ2n) is 4.55. The second-order valence-corrected chi connectivity index (χ2v) is 6.32. The van der Waals surface area contributed by atoms with Gasteiger partial charge in [-0.25, -0.2) is 4.98 Å². The van der Waals surface area contributed by atoms with Gasteiger partial charge in [0.15, 0.2) is 0 Å². The van der Waals surface area contributed by atoms with Gasteiger partial charge in [0, 0.05) is 6.20 Å². The molecule has 0 saturated heterocycles. The minimum Gasteiger partial charge on any atom is -0.411 e. The molecule has 0 bridgehead atoms. The van der Waals surface area contributed by atoms with E-state index in [2.05, 4.69) is 20.5 Å². The van der Waals surface area contributed by atoms with Crippen molar-refractivity contribution in [2.24, 2.45) is 0 Å². The first kappa shape index (κ1) is 16.8. The van der Waals surface area contributed by atoms with Gasteiger partial charge in [-0.3, -0.25) is 4.79 Å². The molecule has 1 N–H and O–H groups in total. The van der Waals surface area contributed by atoms with Gasteiger partial charge >= 0.3 is 0 Å². The number of benzene rings is 1. The monoisotopic (exact) mass is 380 g/mol. The molecule has 0 fully saturated rings. The van der Waals surface area contributed by atoms with Gasteiger partial charge in [-0.05, 0) is 24.3 Å². The fourth-order valence-electron chi connectivity index (χ4n) is 1.77. The van der Waals surface area contributed by atoms with Gasteiger partial charge in [0.05, 0.1) is 21.4 Å². The molecule has 9 heteroatoms. The van der Waals surface area contributed by atoms with Crippen LogP contribution in [0.5, 0.6) is 0 Å². The zero-order valence-electron chi connectivity index (χ0n) is 12.1. The maximum atomic E-state index is 11.9. The van der Waals surface area contributed by atoms with Crippen LogP contribution in [0.3, 0.4) is 0 Å². The van der Waals surface area contributed by atoms with Crippen LogP contribution in [0, 0.1) is 0 Å². The number of nitrogens with one attached hydrogen (secondary N) is 1. The van der Waals surface area contributed by atoms with Crippen molar-refractivity contribution in [3.63, 3.8) is 0 Å². The first-order valence-corrected chi connectivity index (χ1v) is 8.48. The minimum absolute atomic E-state index is 0.106. The molecule has 6 nitrogen and oxygen atoms in total. The van der Waals surface area contributed by atoms with Gasteiger partial charge in [0.1, 0.15) is 5.82 Å². The molecule has 3 aromatic rings. The lowest BCUT2D eigenvalue weighted by molar-refractivity contribution is -0.113. The predicted molar refractivity (Wildman–Crippen MR) is 93.3 cm³/mol. The highest BCUT2D eigenvalue weighted by molar-refractivity contribution is 7.99. The van der Waals surface area contributed by atoms with E-state index in [0.717, 1.165) is 11.8 Å². The topological polar surface area (TPSA) is 80.9 Å². The summed E-state index contributed by atoms with van der Waals surface area (Å²) in [6, 6.07) is 10.4. The molecule has 122 valence electrons. The summed E-state index contributed by atoms with van der Waals surface area (Å²) in [5.74, 6) is 0.594. The summed E-state index contributed by atoms with van der Waals surface area (Å²) < 4.78 is 5.51. The number of thioether (sulfide) groups is 1. The number of aromatic nitrogens is 3. The summed E-state index contributed by atoms with van der Waals surface area (Å²) in [6.45, 7) is 0. The average Bonchev–Trinajstić information content (AvgIpc) is 3.04. The average molecular weight is 381 g/mol. The van der Waals surface area contributed by atoms with Gasteiger partial charge in [0.25, 0.3) is 5.22 Å². The number of carbonyl (C=O) groups excluding carboxylic acids is 1.